The molecule has 0 radical (unpaired) electrons. The Morgan fingerprint density at radius 3 is 2.86 bits per heavy atom. The summed E-state index contributed by atoms with van der Waals surface area (Å²) in [6, 6.07) is 0. The number of aromatic nitrogens is 1. The van der Waals surface area contributed by atoms with Gasteiger partial charge in [-0.1, -0.05) is 0 Å². The topological polar surface area (TPSA) is 34.1 Å². The molecule has 1 aliphatic rings. The molecule has 2 rings (SSSR count). The summed E-state index contributed by atoms with van der Waals surface area (Å²) in [6.45, 7) is 2.90. The summed E-state index contributed by atoms with van der Waals surface area (Å²) >= 11 is 1.66. The van der Waals surface area contributed by atoms with Gasteiger partial charge in [0.25, 0.3) is 0 Å². The minimum atomic E-state index is 0.0829. The minimum absolute atomic E-state index is 0.0829. The fraction of sp³-hybridized carbons (Fsp3) is 0.700. The molecule has 1 saturated carbocycles. The van der Waals surface area contributed by atoms with Gasteiger partial charge in [0.1, 0.15) is 0 Å². The van der Waals surface area contributed by atoms with E-state index in [-0.39, 0.29) is 5.60 Å². The molecule has 0 atom stereocenters. The number of aryl methyl sites for hydroxylation is 1. The van der Waals surface area contributed by atoms with E-state index < -0.39 is 0 Å². The van der Waals surface area contributed by atoms with E-state index in [1.165, 1.54) is 19.3 Å². The monoisotopic (exact) mass is 212 g/mol. The van der Waals surface area contributed by atoms with Crippen LogP contribution >= 0.6 is 11.3 Å². The van der Waals surface area contributed by atoms with Crippen LogP contribution in [0.5, 0.6) is 0 Å². The van der Waals surface area contributed by atoms with Crippen LogP contribution in [-0.2, 0) is 4.74 Å². The van der Waals surface area contributed by atoms with Crippen molar-refractivity contribution in [1.29, 1.82) is 0 Å². The third kappa shape index (κ3) is 1.91. The number of nitrogens with one attached hydrogen (secondary N) is 1. The Morgan fingerprint density at radius 1 is 1.64 bits per heavy atom. The van der Waals surface area contributed by atoms with E-state index in [4.69, 9.17) is 4.74 Å². The molecule has 0 saturated heterocycles. The number of hydrogen-bond donors (Lipinski definition) is 1. The molecule has 0 aliphatic heterocycles. The number of ether oxygens (including phenoxy) is 1. The summed E-state index contributed by atoms with van der Waals surface area (Å²) < 4.78 is 5.52. The van der Waals surface area contributed by atoms with Gasteiger partial charge in [0.2, 0.25) is 0 Å². The highest BCUT2D eigenvalue weighted by atomic mass is 32.1. The number of rotatable bonds is 4. The van der Waals surface area contributed by atoms with Crippen molar-refractivity contribution in [2.45, 2.75) is 31.8 Å². The van der Waals surface area contributed by atoms with Crippen molar-refractivity contribution < 1.29 is 4.74 Å². The van der Waals surface area contributed by atoms with E-state index in [1.807, 2.05) is 6.92 Å². The van der Waals surface area contributed by atoms with Gasteiger partial charge in [-0.05, 0) is 26.2 Å². The number of methoxy groups -OCH3 is 1. The van der Waals surface area contributed by atoms with Crippen molar-refractivity contribution in [1.82, 2.24) is 4.98 Å². The molecule has 1 aromatic rings. The van der Waals surface area contributed by atoms with Crippen LogP contribution in [0.1, 0.15) is 25.0 Å². The van der Waals surface area contributed by atoms with Crippen LogP contribution in [0, 0.1) is 6.92 Å². The van der Waals surface area contributed by atoms with Gasteiger partial charge in [-0.15, -0.1) is 11.3 Å². The second kappa shape index (κ2) is 3.87. The lowest BCUT2D eigenvalue weighted by Gasteiger charge is -2.40. The lowest BCUT2D eigenvalue weighted by atomic mass is 9.80. The van der Waals surface area contributed by atoms with Crippen molar-refractivity contribution in [3.63, 3.8) is 0 Å². The van der Waals surface area contributed by atoms with Gasteiger partial charge >= 0.3 is 0 Å². The lowest BCUT2D eigenvalue weighted by Crippen LogP contribution is -2.45. The van der Waals surface area contributed by atoms with E-state index >= 15 is 0 Å². The highest BCUT2D eigenvalue weighted by Crippen LogP contribution is 2.35. The van der Waals surface area contributed by atoms with Crippen molar-refractivity contribution in [3.8, 4) is 0 Å². The zero-order chi connectivity index (χ0) is 10.0. The Labute approximate surface area is 88.5 Å². The SMILES string of the molecule is COC1(CNc2nc(C)cs2)CCC1. The zero-order valence-electron chi connectivity index (χ0n) is 8.67. The zero-order valence-corrected chi connectivity index (χ0v) is 9.49. The first-order valence-corrected chi connectivity index (χ1v) is 5.83. The number of hydrogen-bond acceptors (Lipinski definition) is 4. The summed E-state index contributed by atoms with van der Waals surface area (Å²) in [5.74, 6) is 0. The molecule has 3 nitrogen and oxygen atoms in total. The van der Waals surface area contributed by atoms with Crippen molar-refractivity contribution >= 4 is 16.5 Å². The average molecular weight is 212 g/mol. The molecule has 0 amide bonds. The maximum absolute atomic E-state index is 5.52. The first kappa shape index (κ1) is 9.93. The minimum Gasteiger partial charge on any atom is -0.376 e. The molecule has 0 aromatic carbocycles. The molecular formula is C10H16N2OS. The van der Waals surface area contributed by atoms with Crippen LogP contribution in [0.4, 0.5) is 5.13 Å². The van der Waals surface area contributed by atoms with Gasteiger partial charge in [-0.2, -0.15) is 0 Å². The van der Waals surface area contributed by atoms with E-state index in [0.29, 0.717) is 0 Å². The summed E-state index contributed by atoms with van der Waals surface area (Å²) in [5.41, 5.74) is 1.16. The van der Waals surface area contributed by atoms with Crippen molar-refractivity contribution in [2.75, 3.05) is 19.0 Å². The molecular weight excluding hydrogens is 196 g/mol. The van der Waals surface area contributed by atoms with Crippen LogP contribution in [0.25, 0.3) is 0 Å². The quantitative estimate of drug-likeness (QED) is 0.832. The third-order valence-electron chi connectivity index (χ3n) is 2.88. The Bertz CT molecular complexity index is 301. The van der Waals surface area contributed by atoms with Crippen LogP contribution in [-0.4, -0.2) is 24.2 Å². The molecule has 1 aliphatic carbocycles. The average Bonchev–Trinajstić information content (AvgIpc) is 2.50. The Kier molecular flexibility index (Phi) is 2.74. The van der Waals surface area contributed by atoms with Gasteiger partial charge in [0.15, 0.2) is 5.13 Å². The fourth-order valence-corrected chi connectivity index (χ4v) is 2.38. The molecule has 1 fully saturated rings. The van der Waals surface area contributed by atoms with Crippen LogP contribution in [0.15, 0.2) is 5.38 Å². The number of thiazole rings is 1. The maximum Gasteiger partial charge on any atom is 0.182 e. The largest absolute Gasteiger partial charge is 0.376 e. The normalized spacial score (nSPS) is 19.0. The van der Waals surface area contributed by atoms with Crippen LogP contribution in [0.2, 0.25) is 0 Å². The Morgan fingerprint density at radius 2 is 2.43 bits per heavy atom. The Hall–Kier alpha value is -0.610. The molecule has 14 heavy (non-hydrogen) atoms. The van der Waals surface area contributed by atoms with E-state index in [1.54, 1.807) is 18.4 Å². The first-order valence-electron chi connectivity index (χ1n) is 4.95. The predicted molar refractivity (Wildman–Crippen MR) is 58.9 cm³/mol. The second-order valence-electron chi connectivity index (χ2n) is 3.89. The summed E-state index contributed by atoms with van der Waals surface area (Å²) in [4.78, 5) is 4.36. The molecule has 1 N–H and O–H groups in total. The molecule has 4 heteroatoms. The fourth-order valence-electron chi connectivity index (χ4n) is 1.70. The standard InChI is InChI=1S/C10H16N2OS/c1-8-6-14-9(12-8)11-7-10(13-2)4-3-5-10/h6H,3-5,7H2,1-2H3,(H,11,12). The number of nitrogens with zero attached hydrogens (tertiary/aromatic N) is 1. The van der Waals surface area contributed by atoms with Crippen molar-refractivity contribution in [2.24, 2.45) is 0 Å². The highest BCUT2D eigenvalue weighted by Gasteiger charge is 2.36. The summed E-state index contributed by atoms with van der Waals surface area (Å²) in [7, 11) is 1.80. The van der Waals surface area contributed by atoms with E-state index in [0.717, 1.165) is 17.4 Å². The molecule has 1 aromatic heterocycles. The lowest BCUT2D eigenvalue weighted by molar-refractivity contribution is -0.0601. The predicted octanol–water partition coefficient (Wildman–Crippen LogP) is 2.43. The molecule has 78 valence electrons. The third-order valence-corrected chi connectivity index (χ3v) is 3.80. The van der Waals surface area contributed by atoms with Gasteiger partial charge in [0.05, 0.1) is 11.3 Å². The smallest absolute Gasteiger partial charge is 0.182 e. The van der Waals surface area contributed by atoms with Gasteiger partial charge < -0.3 is 10.1 Å². The number of anilines is 1. The van der Waals surface area contributed by atoms with E-state index in [9.17, 15) is 0 Å². The van der Waals surface area contributed by atoms with Gasteiger partial charge in [0, 0.05) is 19.0 Å². The molecule has 0 unspecified atom stereocenters. The van der Waals surface area contributed by atoms with Crippen LogP contribution < -0.4 is 5.32 Å². The van der Waals surface area contributed by atoms with Gasteiger partial charge in [-0.3, -0.25) is 0 Å². The van der Waals surface area contributed by atoms with E-state index in [2.05, 4.69) is 15.7 Å². The van der Waals surface area contributed by atoms with Gasteiger partial charge in [-0.25, -0.2) is 4.98 Å². The maximum atomic E-state index is 5.52. The second-order valence-corrected chi connectivity index (χ2v) is 4.75. The molecule has 0 bridgehead atoms. The Balaban J connectivity index is 1.87. The summed E-state index contributed by atoms with van der Waals surface area (Å²) in [5, 5.41) is 6.41. The van der Waals surface area contributed by atoms with Crippen molar-refractivity contribution in [3.05, 3.63) is 11.1 Å². The molecule has 1 heterocycles. The van der Waals surface area contributed by atoms with Crippen LogP contribution in [0.3, 0.4) is 0 Å². The molecule has 0 spiro atoms. The summed E-state index contributed by atoms with van der Waals surface area (Å²) in [6.07, 6.45) is 3.62. The first-order chi connectivity index (χ1) is 6.74. The highest BCUT2D eigenvalue weighted by molar-refractivity contribution is 7.13.